The van der Waals surface area contributed by atoms with E-state index >= 15 is 0 Å². The molecule has 0 bridgehead atoms. The Labute approximate surface area is 174 Å². The number of ether oxygens (including phenoxy) is 1. The highest BCUT2D eigenvalue weighted by Gasteiger charge is 2.33. The summed E-state index contributed by atoms with van der Waals surface area (Å²) in [5.41, 5.74) is 3.44. The second-order valence-corrected chi connectivity index (χ2v) is 7.36. The molecule has 0 aromatic heterocycles. The molecular weight excluding hydrogens is 372 g/mol. The standard InChI is InChI=1S/C23H30N2O2.ClH/c1-5-25(23(26)16(2)21-14-24-15-21)17(3)18-9-11-19(12-10-18)20-7-6-8-22(13-20)27-4;/h6-13,16-17,21,24H,5,14-15H2,1-4H3;1H. The minimum absolute atomic E-state index is 0. The van der Waals surface area contributed by atoms with E-state index in [0.717, 1.165) is 42.1 Å². The number of carbonyl (C=O) groups is 1. The van der Waals surface area contributed by atoms with Crippen LogP contribution in [-0.2, 0) is 4.79 Å². The monoisotopic (exact) mass is 402 g/mol. The largest absolute Gasteiger partial charge is 0.497 e. The van der Waals surface area contributed by atoms with Crippen LogP contribution in [0.15, 0.2) is 48.5 Å². The number of hydrogen-bond donors (Lipinski definition) is 1. The van der Waals surface area contributed by atoms with Crippen molar-refractivity contribution < 1.29 is 9.53 Å². The number of benzene rings is 2. The van der Waals surface area contributed by atoms with Crippen molar-refractivity contribution in [2.24, 2.45) is 11.8 Å². The van der Waals surface area contributed by atoms with Gasteiger partial charge in [0.1, 0.15) is 5.75 Å². The Balaban J connectivity index is 0.00000280. The number of carbonyl (C=O) groups excluding carboxylic acids is 1. The molecule has 1 heterocycles. The van der Waals surface area contributed by atoms with Crippen LogP contribution in [0, 0.1) is 11.8 Å². The Bertz CT molecular complexity index is 774. The first-order chi connectivity index (χ1) is 13.0. The number of nitrogens with one attached hydrogen (secondary N) is 1. The Hall–Kier alpha value is -2.04. The van der Waals surface area contributed by atoms with E-state index in [1.54, 1.807) is 7.11 Å². The highest BCUT2D eigenvalue weighted by molar-refractivity contribution is 5.85. The maximum Gasteiger partial charge on any atom is 0.226 e. The number of methoxy groups -OCH3 is 1. The summed E-state index contributed by atoms with van der Waals surface area (Å²) in [6, 6.07) is 16.6. The molecule has 0 aliphatic carbocycles. The van der Waals surface area contributed by atoms with Crippen LogP contribution in [0.4, 0.5) is 0 Å². The summed E-state index contributed by atoms with van der Waals surface area (Å²) in [6.07, 6.45) is 0. The van der Waals surface area contributed by atoms with Gasteiger partial charge in [-0.15, -0.1) is 12.4 Å². The minimum Gasteiger partial charge on any atom is -0.497 e. The summed E-state index contributed by atoms with van der Waals surface area (Å²) < 4.78 is 5.32. The first-order valence-electron chi connectivity index (χ1n) is 9.80. The average Bonchev–Trinajstić information content (AvgIpc) is 2.67. The molecule has 3 rings (SSSR count). The third kappa shape index (κ3) is 4.68. The Kier molecular flexibility index (Phi) is 7.90. The zero-order chi connectivity index (χ0) is 19.4. The lowest BCUT2D eigenvalue weighted by Crippen LogP contribution is -2.50. The van der Waals surface area contributed by atoms with Crippen LogP contribution >= 0.6 is 12.4 Å². The van der Waals surface area contributed by atoms with Crippen molar-refractivity contribution in [3.8, 4) is 16.9 Å². The van der Waals surface area contributed by atoms with Crippen molar-refractivity contribution >= 4 is 18.3 Å². The number of nitrogens with zero attached hydrogens (tertiary/aromatic N) is 1. The van der Waals surface area contributed by atoms with Gasteiger partial charge in [0.25, 0.3) is 0 Å². The van der Waals surface area contributed by atoms with E-state index in [9.17, 15) is 4.79 Å². The first kappa shape index (κ1) is 22.3. The smallest absolute Gasteiger partial charge is 0.226 e. The van der Waals surface area contributed by atoms with Gasteiger partial charge < -0.3 is 15.0 Å². The molecule has 152 valence electrons. The fraction of sp³-hybridized carbons (Fsp3) is 0.435. The molecule has 1 N–H and O–H groups in total. The summed E-state index contributed by atoms with van der Waals surface area (Å²) in [7, 11) is 1.68. The number of hydrogen-bond acceptors (Lipinski definition) is 3. The highest BCUT2D eigenvalue weighted by atomic mass is 35.5. The van der Waals surface area contributed by atoms with Crippen LogP contribution in [0.5, 0.6) is 5.75 Å². The quantitative estimate of drug-likeness (QED) is 0.738. The fourth-order valence-corrected chi connectivity index (χ4v) is 3.68. The summed E-state index contributed by atoms with van der Waals surface area (Å²) >= 11 is 0. The van der Waals surface area contributed by atoms with Gasteiger partial charge in [-0.05, 0) is 61.7 Å². The van der Waals surface area contributed by atoms with Gasteiger partial charge in [-0.25, -0.2) is 0 Å². The van der Waals surface area contributed by atoms with Gasteiger partial charge in [-0.3, -0.25) is 4.79 Å². The Morgan fingerprint density at radius 2 is 1.82 bits per heavy atom. The Morgan fingerprint density at radius 1 is 1.14 bits per heavy atom. The van der Waals surface area contributed by atoms with E-state index < -0.39 is 0 Å². The molecule has 0 saturated carbocycles. The molecule has 2 aromatic carbocycles. The van der Waals surface area contributed by atoms with Gasteiger partial charge in [0.05, 0.1) is 13.2 Å². The molecule has 1 aliphatic heterocycles. The molecule has 0 spiro atoms. The first-order valence-corrected chi connectivity index (χ1v) is 9.80. The van der Waals surface area contributed by atoms with Gasteiger partial charge in [-0.1, -0.05) is 43.3 Å². The molecule has 2 unspecified atom stereocenters. The van der Waals surface area contributed by atoms with E-state index in [4.69, 9.17) is 4.74 Å². The second kappa shape index (κ2) is 9.94. The molecule has 2 aromatic rings. The lowest BCUT2D eigenvalue weighted by Gasteiger charge is -2.37. The fourth-order valence-electron chi connectivity index (χ4n) is 3.68. The molecular formula is C23H31ClN2O2. The Morgan fingerprint density at radius 3 is 2.36 bits per heavy atom. The van der Waals surface area contributed by atoms with Crippen LogP contribution in [0.25, 0.3) is 11.1 Å². The summed E-state index contributed by atoms with van der Waals surface area (Å²) in [5, 5.41) is 3.27. The van der Waals surface area contributed by atoms with Gasteiger partial charge >= 0.3 is 0 Å². The lowest BCUT2D eigenvalue weighted by molar-refractivity contribution is -0.139. The van der Waals surface area contributed by atoms with E-state index in [1.165, 1.54) is 0 Å². The van der Waals surface area contributed by atoms with Gasteiger partial charge in [-0.2, -0.15) is 0 Å². The molecule has 0 radical (unpaired) electrons. The van der Waals surface area contributed by atoms with Crippen LogP contribution < -0.4 is 10.1 Å². The van der Waals surface area contributed by atoms with E-state index in [1.807, 2.05) is 23.1 Å². The van der Waals surface area contributed by atoms with E-state index in [2.05, 4.69) is 56.4 Å². The minimum atomic E-state index is 0. The van der Waals surface area contributed by atoms with Crippen LogP contribution in [0.1, 0.15) is 32.4 Å². The predicted octanol–water partition coefficient (Wildman–Crippen LogP) is 4.55. The summed E-state index contributed by atoms with van der Waals surface area (Å²) in [5.74, 6) is 1.65. The molecule has 1 amide bonds. The highest BCUT2D eigenvalue weighted by Crippen LogP contribution is 2.29. The third-order valence-electron chi connectivity index (χ3n) is 5.80. The number of amides is 1. The number of halogens is 1. The summed E-state index contributed by atoms with van der Waals surface area (Å²) in [6.45, 7) is 8.87. The SMILES string of the molecule is CCN(C(=O)C(C)C1CNC1)C(C)c1ccc(-c2cccc(OC)c2)cc1.Cl. The molecule has 1 aliphatic rings. The maximum absolute atomic E-state index is 13.0. The predicted molar refractivity (Wildman–Crippen MR) is 117 cm³/mol. The van der Waals surface area contributed by atoms with Gasteiger partial charge in [0, 0.05) is 12.5 Å². The molecule has 28 heavy (non-hydrogen) atoms. The average molecular weight is 403 g/mol. The van der Waals surface area contributed by atoms with Gasteiger partial charge in [0.15, 0.2) is 0 Å². The molecule has 4 nitrogen and oxygen atoms in total. The van der Waals surface area contributed by atoms with Crippen molar-refractivity contribution in [1.82, 2.24) is 10.2 Å². The van der Waals surface area contributed by atoms with E-state index in [0.29, 0.717) is 5.92 Å². The normalized spacial score (nSPS) is 15.7. The maximum atomic E-state index is 13.0. The third-order valence-corrected chi connectivity index (χ3v) is 5.80. The molecule has 1 saturated heterocycles. The van der Waals surface area contributed by atoms with Crippen LogP contribution in [0.2, 0.25) is 0 Å². The molecule has 1 fully saturated rings. The lowest BCUT2D eigenvalue weighted by atomic mass is 9.87. The van der Waals surface area contributed by atoms with Gasteiger partial charge in [0.2, 0.25) is 5.91 Å². The van der Waals surface area contributed by atoms with Crippen molar-refractivity contribution in [3.05, 3.63) is 54.1 Å². The van der Waals surface area contributed by atoms with E-state index in [-0.39, 0.29) is 30.3 Å². The topological polar surface area (TPSA) is 41.6 Å². The van der Waals surface area contributed by atoms with Crippen LogP contribution in [-0.4, -0.2) is 37.6 Å². The molecule has 5 heteroatoms. The van der Waals surface area contributed by atoms with Crippen molar-refractivity contribution in [1.29, 1.82) is 0 Å². The van der Waals surface area contributed by atoms with Crippen molar-refractivity contribution in [2.75, 3.05) is 26.7 Å². The van der Waals surface area contributed by atoms with Crippen molar-refractivity contribution in [3.63, 3.8) is 0 Å². The van der Waals surface area contributed by atoms with Crippen molar-refractivity contribution in [2.45, 2.75) is 26.8 Å². The zero-order valence-electron chi connectivity index (χ0n) is 17.1. The zero-order valence-corrected chi connectivity index (χ0v) is 18.0. The number of rotatable bonds is 7. The van der Waals surface area contributed by atoms with Crippen LogP contribution in [0.3, 0.4) is 0 Å². The second-order valence-electron chi connectivity index (χ2n) is 7.36. The summed E-state index contributed by atoms with van der Waals surface area (Å²) in [4.78, 5) is 15.0. The molecule has 2 atom stereocenters.